The summed E-state index contributed by atoms with van der Waals surface area (Å²) in [5.41, 5.74) is 0. The van der Waals surface area contributed by atoms with Crippen LogP contribution in [0.3, 0.4) is 0 Å². The molecule has 1 rings (SSSR count). The van der Waals surface area contributed by atoms with Crippen LogP contribution >= 0.6 is 23.2 Å². The highest BCUT2D eigenvalue weighted by Crippen LogP contribution is 2.41. The Kier molecular flexibility index (Phi) is 2.21. The topological polar surface area (TPSA) is 37.3 Å². The number of carboxylic acid groups (broad SMARTS) is 1. The fraction of sp³-hybridized carbons (Fsp3) is 0.500. The lowest BCUT2D eigenvalue weighted by atomic mass is 10.3. The van der Waals surface area contributed by atoms with Crippen molar-refractivity contribution < 1.29 is 9.90 Å². The lowest BCUT2D eigenvalue weighted by molar-refractivity contribution is -0.138. The molecule has 0 amide bonds. The average Bonchev–Trinajstić information content (AvgIpc) is 2.43. The van der Waals surface area contributed by atoms with Crippen molar-refractivity contribution in [3.63, 3.8) is 0 Å². The molecule has 0 saturated heterocycles. The summed E-state index contributed by atoms with van der Waals surface area (Å²) >= 11 is 10.6. The zero-order valence-corrected chi connectivity index (χ0v) is 6.56. The Morgan fingerprint density at radius 1 is 1.60 bits per heavy atom. The van der Waals surface area contributed by atoms with Crippen LogP contribution in [0.25, 0.3) is 0 Å². The molecule has 1 N–H and O–H groups in total. The summed E-state index contributed by atoms with van der Waals surface area (Å²) in [6.07, 6.45) is 2.24. The van der Waals surface area contributed by atoms with E-state index in [0.717, 1.165) is 0 Å². The molecule has 1 saturated carbocycles. The molecule has 0 aromatic carbocycles. The Morgan fingerprint density at radius 2 is 2.20 bits per heavy atom. The van der Waals surface area contributed by atoms with Crippen LogP contribution < -0.4 is 0 Å². The highest BCUT2D eigenvalue weighted by atomic mass is 35.5. The molecule has 0 aromatic heterocycles. The van der Waals surface area contributed by atoms with E-state index in [1.807, 2.05) is 0 Å². The highest BCUT2D eigenvalue weighted by Gasteiger charge is 2.41. The van der Waals surface area contributed by atoms with Crippen molar-refractivity contribution in [1.82, 2.24) is 0 Å². The first-order chi connectivity index (χ1) is 4.61. The summed E-state index contributed by atoms with van der Waals surface area (Å²) in [7, 11) is 0. The predicted octanol–water partition coefficient (Wildman–Crippen LogP) is 2.03. The Hall–Kier alpha value is -0.210. The maximum Gasteiger partial charge on any atom is 0.307 e. The molecule has 56 valence electrons. The van der Waals surface area contributed by atoms with Crippen LogP contribution in [0.5, 0.6) is 0 Å². The van der Waals surface area contributed by atoms with Crippen LogP contribution in [-0.4, -0.2) is 11.1 Å². The number of carbonyl (C=O) groups is 1. The minimum Gasteiger partial charge on any atom is -0.481 e. The number of hydrogen-bond donors (Lipinski definition) is 1. The SMILES string of the molecule is O=C(O)[C@H]1C[C@H]1C=C(Cl)Cl. The highest BCUT2D eigenvalue weighted by molar-refractivity contribution is 6.55. The fourth-order valence-corrected chi connectivity index (χ4v) is 1.17. The van der Waals surface area contributed by atoms with Gasteiger partial charge in [-0.1, -0.05) is 29.3 Å². The number of halogens is 2. The third kappa shape index (κ3) is 1.89. The van der Waals surface area contributed by atoms with Crippen molar-refractivity contribution in [3.05, 3.63) is 10.6 Å². The van der Waals surface area contributed by atoms with E-state index in [4.69, 9.17) is 28.3 Å². The van der Waals surface area contributed by atoms with Crippen LogP contribution in [0.1, 0.15) is 6.42 Å². The van der Waals surface area contributed by atoms with Gasteiger partial charge in [0.1, 0.15) is 4.49 Å². The zero-order chi connectivity index (χ0) is 7.72. The molecule has 0 bridgehead atoms. The van der Waals surface area contributed by atoms with Gasteiger partial charge in [0.05, 0.1) is 5.92 Å². The molecule has 0 unspecified atom stereocenters. The Morgan fingerprint density at radius 3 is 2.50 bits per heavy atom. The van der Waals surface area contributed by atoms with Crippen molar-refractivity contribution in [3.8, 4) is 0 Å². The smallest absolute Gasteiger partial charge is 0.307 e. The van der Waals surface area contributed by atoms with Crippen LogP contribution in [0.4, 0.5) is 0 Å². The molecule has 0 aliphatic heterocycles. The molecule has 4 heteroatoms. The third-order valence-corrected chi connectivity index (χ3v) is 1.75. The van der Waals surface area contributed by atoms with Gasteiger partial charge in [-0.15, -0.1) is 0 Å². The number of rotatable bonds is 2. The quantitative estimate of drug-likeness (QED) is 0.707. The molecule has 1 aliphatic rings. The van der Waals surface area contributed by atoms with Crippen LogP contribution in [0, 0.1) is 11.8 Å². The second kappa shape index (κ2) is 2.81. The molecule has 0 spiro atoms. The van der Waals surface area contributed by atoms with Crippen LogP contribution in [-0.2, 0) is 4.79 Å². The summed E-state index contributed by atoms with van der Waals surface area (Å²) in [5.74, 6) is -0.967. The number of hydrogen-bond acceptors (Lipinski definition) is 1. The van der Waals surface area contributed by atoms with E-state index in [9.17, 15) is 4.79 Å². The number of allylic oxidation sites excluding steroid dienone is 1. The summed E-state index contributed by atoms with van der Waals surface area (Å²) in [6.45, 7) is 0. The monoisotopic (exact) mass is 180 g/mol. The van der Waals surface area contributed by atoms with Gasteiger partial charge in [-0.25, -0.2) is 0 Å². The van der Waals surface area contributed by atoms with Gasteiger partial charge in [0.25, 0.3) is 0 Å². The summed E-state index contributed by atoms with van der Waals surface area (Å²) in [5, 5.41) is 8.42. The molecular weight excluding hydrogens is 175 g/mol. The Bertz CT molecular complexity index is 184. The van der Waals surface area contributed by atoms with Crippen molar-refractivity contribution in [1.29, 1.82) is 0 Å². The summed E-state index contributed by atoms with van der Waals surface area (Å²) in [6, 6.07) is 0. The van der Waals surface area contributed by atoms with Gasteiger partial charge in [0.15, 0.2) is 0 Å². The summed E-state index contributed by atoms with van der Waals surface area (Å²) in [4.78, 5) is 10.2. The molecule has 1 aliphatic carbocycles. The molecule has 10 heavy (non-hydrogen) atoms. The largest absolute Gasteiger partial charge is 0.481 e. The van der Waals surface area contributed by atoms with Crippen LogP contribution in [0.15, 0.2) is 10.6 Å². The molecule has 2 nitrogen and oxygen atoms in total. The van der Waals surface area contributed by atoms with E-state index in [-0.39, 0.29) is 16.3 Å². The maximum atomic E-state index is 10.2. The van der Waals surface area contributed by atoms with Gasteiger partial charge in [-0.2, -0.15) is 0 Å². The van der Waals surface area contributed by atoms with E-state index in [2.05, 4.69) is 0 Å². The van der Waals surface area contributed by atoms with Crippen molar-refractivity contribution in [2.45, 2.75) is 6.42 Å². The molecule has 0 radical (unpaired) electrons. The van der Waals surface area contributed by atoms with Gasteiger partial charge in [0.2, 0.25) is 0 Å². The van der Waals surface area contributed by atoms with E-state index >= 15 is 0 Å². The van der Waals surface area contributed by atoms with Crippen molar-refractivity contribution >= 4 is 29.2 Å². The third-order valence-electron chi connectivity index (χ3n) is 1.50. The lowest BCUT2D eigenvalue weighted by Crippen LogP contribution is -1.97. The second-order valence-corrected chi connectivity index (χ2v) is 3.31. The van der Waals surface area contributed by atoms with Gasteiger partial charge < -0.3 is 5.11 Å². The lowest BCUT2D eigenvalue weighted by Gasteiger charge is -1.84. The molecule has 1 fully saturated rings. The van der Waals surface area contributed by atoms with Gasteiger partial charge >= 0.3 is 5.97 Å². The van der Waals surface area contributed by atoms with Crippen molar-refractivity contribution in [2.75, 3.05) is 0 Å². The second-order valence-electron chi connectivity index (χ2n) is 2.30. The van der Waals surface area contributed by atoms with Crippen molar-refractivity contribution in [2.24, 2.45) is 11.8 Å². The van der Waals surface area contributed by atoms with E-state index < -0.39 is 5.97 Å². The normalized spacial score (nSPS) is 29.4. The van der Waals surface area contributed by atoms with E-state index in [1.54, 1.807) is 6.08 Å². The first kappa shape index (κ1) is 7.89. The molecule has 0 aromatic rings. The molecular formula is C6H6Cl2O2. The van der Waals surface area contributed by atoms with E-state index in [1.165, 1.54) is 0 Å². The first-order valence-electron chi connectivity index (χ1n) is 2.87. The minimum atomic E-state index is -0.768. The number of aliphatic carboxylic acids is 1. The van der Waals surface area contributed by atoms with Gasteiger partial charge in [-0.05, 0) is 12.3 Å². The van der Waals surface area contributed by atoms with Gasteiger partial charge in [0, 0.05) is 0 Å². The van der Waals surface area contributed by atoms with E-state index in [0.29, 0.717) is 6.42 Å². The first-order valence-corrected chi connectivity index (χ1v) is 3.62. The molecule has 2 atom stereocenters. The maximum absolute atomic E-state index is 10.2. The Labute approximate surface area is 68.4 Å². The minimum absolute atomic E-state index is 0.0579. The van der Waals surface area contributed by atoms with Gasteiger partial charge in [-0.3, -0.25) is 4.79 Å². The zero-order valence-electron chi connectivity index (χ0n) is 5.05. The average molecular weight is 181 g/mol. The standard InChI is InChI=1S/C6H6Cl2O2/c7-5(8)2-3-1-4(3)6(9)10/h2-4H,1H2,(H,9,10)/t3-,4-/m0/s1. The predicted molar refractivity (Wildman–Crippen MR) is 39.0 cm³/mol. The Balaban J connectivity index is 2.40. The van der Waals surface area contributed by atoms with Crippen LogP contribution in [0.2, 0.25) is 0 Å². The summed E-state index contributed by atoms with van der Waals surface area (Å²) < 4.78 is 0.161. The number of carboxylic acids is 1. The fourth-order valence-electron chi connectivity index (χ4n) is 0.845. The molecule has 0 heterocycles.